The number of carbonyl (C=O) groups is 1. The lowest BCUT2D eigenvalue weighted by Crippen LogP contribution is -2.38. The maximum atomic E-state index is 12.7. The Bertz CT molecular complexity index is 490. The lowest BCUT2D eigenvalue weighted by Gasteiger charge is -2.22. The quantitative estimate of drug-likeness (QED) is 0.717. The summed E-state index contributed by atoms with van der Waals surface area (Å²) in [5.74, 6) is -1.28. The highest BCUT2D eigenvalue weighted by Crippen LogP contribution is 2.35. The Morgan fingerprint density at radius 1 is 1.27 bits per heavy atom. The van der Waals surface area contributed by atoms with Crippen LogP contribution in [0.2, 0.25) is 0 Å². The van der Waals surface area contributed by atoms with E-state index in [-0.39, 0.29) is 6.54 Å². The molecule has 0 saturated heterocycles. The van der Waals surface area contributed by atoms with Crippen molar-refractivity contribution in [3.8, 4) is 5.75 Å². The van der Waals surface area contributed by atoms with Gasteiger partial charge in [0.1, 0.15) is 5.75 Å². The van der Waals surface area contributed by atoms with Crippen molar-refractivity contribution < 1.29 is 31.5 Å². The van der Waals surface area contributed by atoms with Crippen LogP contribution in [-0.2, 0) is 11.0 Å². The largest absolute Gasteiger partial charge is 0.483 e. The number of hydrogen-bond acceptors (Lipinski definition) is 2. The number of alkyl halides is 5. The van der Waals surface area contributed by atoms with Crippen LogP contribution in [0, 0.1) is 0 Å². The number of hydrogen-bond donors (Lipinski definition) is 0. The summed E-state index contributed by atoms with van der Waals surface area (Å²) >= 11 is 0. The molecule has 0 heterocycles. The average molecular weight is 325 g/mol. The topological polar surface area (TPSA) is 29.5 Å². The van der Waals surface area contributed by atoms with Gasteiger partial charge < -0.3 is 9.64 Å². The second kappa shape index (κ2) is 7.95. The Kier molecular flexibility index (Phi) is 6.58. The molecule has 1 aromatic carbocycles. The molecule has 8 heteroatoms. The summed E-state index contributed by atoms with van der Waals surface area (Å²) in [7, 11) is 0. The van der Waals surface area contributed by atoms with Gasteiger partial charge in [-0.3, -0.25) is 4.79 Å². The molecule has 0 atom stereocenters. The molecular formula is C14H16F5NO2. The van der Waals surface area contributed by atoms with Gasteiger partial charge in [-0.15, -0.1) is 0 Å². The van der Waals surface area contributed by atoms with Crippen LogP contribution in [0.25, 0.3) is 0 Å². The first-order valence-corrected chi connectivity index (χ1v) is 6.60. The van der Waals surface area contributed by atoms with Crippen LogP contribution in [0.1, 0.15) is 18.9 Å². The van der Waals surface area contributed by atoms with Crippen molar-refractivity contribution >= 4 is 5.91 Å². The van der Waals surface area contributed by atoms with Crippen LogP contribution in [0.5, 0.6) is 5.75 Å². The van der Waals surface area contributed by atoms with Crippen LogP contribution < -0.4 is 4.74 Å². The number of halogens is 5. The van der Waals surface area contributed by atoms with Crippen LogP contribution in [0.3, 0.4) is 0 Å². The summed E-state index contributed by atoms with van der Waals surface area (Å²) in [5, 5.41) is 0. The molecule has 1 aromatic rings. The molecule has 0 radical (unpaired) electrons. The zero-order valence-corrected chi connectivity index (χ0v) is 11.9. The fraction of sp³-hybridized carbons (Fsp3) is 0.500. The van der Waals surface area contributed by atoms with Crippen molar-refractivity contribution in [3.05, 3.63) is 29.8 Å². The van der Waals surface area contributed by atoms with Crippen LogP contribution in [0.4, 0.5) is 22.0 Å². The van der Waals surface area contributed by atoms with Gasteiger partial charge >= 0.3 is 6.18 Å². The van der Waals surface area contributed by atoms with E-state index in [0.29, 0.717) is 6.42 Å². The number of rotatable bonds is 7. The smallest absolute Gasteiger partial charge is 0.419 e. The molecular weight excluding hydrogens is 309 g/mol. The molecule has 0 unspecified atom stereocenters. The Morgan fingerprint density at radius 3 is 2.45 bits per heavy atom. The number of para-hydroxylation sites is 1. The van der Waals surface area contributed by atoms with Crippen LogP contribution in [-0.4, -0.2) is 36.9 Å². The van der Waals surface area contributed by atoms with Crippen molar-refractivity contribution in [1.82, 2.24) is 4.90 Å². The minimum absolute atomic E-state index is 0.0907. The van der Waals surface area contributed by atoms with Gasteiger partial charge in [-0.2, -0.15) is 13.2 Å². The highest BCUT2D eigenvalue weighted by Gasteiger charge is 2.34. The van der Waals surface area contributed by atoms with Gasteiger partial charge in [0, 0.05) is 6.54 Å². The highest BCUT2D eigenvalue weighted by molar-refractivity contribution is 5.77. The first-order chi connectivity index (χ1) is 10.3. The predicted molar refractivity (Wildman–Crippen MR) is 69.8 cm³/mol. The summed E-state index contributed by atoms with van der Waals surface area (Å²) in [5.41, 5.74) is -1.02. The lowest BCUT2D eigenvalue weighted by molar-refractivity contribution is -0.141. The number of benzene rings is 1. The standard InChI is InChI=1S/C14H16F5NO2/c1-2-7-20(8-12(15)16)13(21)9-22-11-6-4-3-5-10(11)14(17,18)19/h3-6,12H,2,7-9H2,1H3. The van der Waals surface area contributed by atoms with Gasteiger partial charge in [-0.1, -0.05) is 19.1 Å². The molecule has 0 saturated carbocycles. The molecule has 1 rings (SSSR count). The van der Waals surface area contributed by atoms with Crippen molar-refractivity contribution in [2.24, 2.45) is 0 Å². The average Bonchev–Trinajstić information content (AvgIpc) is 2.43. The summed E-state index contributed by atoms with van der Waals surface area (Å²) in [6, 6.07) is 4.42. The van der Waals surface area contributed by atoms with E-state index in [1.165, 1.54) is 12.1 Å². The Balaban J connectivity index is 2.74. The Morgan fingerprint density at radius 2 is 1.91 bits per heavy atom. The zero-order chi connectivity index (χ0) is 16.8. The molecule has 1 amide bonds. The Labute approximate surface area is 124 Å². The summed E-state index contributed by atoms with van der Waals surface area (Å²) in [4.78, 5) is 12.7. The van der Waals surface area contributed by atoms with Crippen molar-refractivity contribution in [2.75, 3.05) is 19.7 Å². The molecule has 0 aliphatic rings. The van der Waals surface area contributed by atoms with Gasteiger partial charge in [0.25, 0.3) is 12.3 Å². The molecule has 22 heavy (non-hydrogen) atoms. The fourth-order valence-electron chi connectivity index (χ4n) is 1.81. The molecule has 0 bridgehead atoms. The minimum Gasteiger partial charge on any atom is -0.483 e. The van der Waals surface area contributed by atoms with E-state index in [4.69, 9.17) is 4.74 Å². The van der Waals surface area contributed by atoms with Gasteiger partial charge in [0.15, 0.2) is 6.61 Å². The summed E-state index contributed by atoms with van der Waals surface area (Å²) in [6.45, 7) is 0.301. The van der Waals surface area contributed by atoms with Crippen LogP contribution in [0.15, 0.2) is 24.3 Å². The third-order valence-corrected chi connectivity index (χ3v) is 2.75. The van der Waals surface area contributed by atoms with E-state index in [1.807, 2.05) is 0 Å². The lowest BCUT2D eigenvalue weighted by atomic mass is 10.2. The fourth-order valence-corrected chi connectivity index (χ4v) is 1.81. The number of amides is 1. The highest BCUT2D eigenvalue weighted by atomic mass is 19.4. The van der Waals surface area contributed by atoms with E-state index in [9.17, 15) is 26.7 Å². The van der Waals surface area contributed by atoms with Crippen molar-refractivity contribution in [2.45, 2.75) is 25.9 Å². The van der Waals surface area contributed by atoms with Crippen LogP contribution >= 0.6 is 0 Å². The summed E-state index contributed by atoms with van der Waals surface area (Å²) in [6.07, 6.45) is -6.87. The first-order valence-electron chi connectivity index (χ1n) is 6.60. The number of ether oxygens (including phenoxy) is 1. The third-order valence-electron chi connectivity index (χ3n) is 2.75. The second-order valence-electron chi connectivity index (χ2n) is 4.51. The molecule has 0 aromatic heterocycles. The van der Waals surface area contributed by atoms with Gasteiger partial charge in [0.05, 0.1) is 12.1 Å². The zero-order valence-electron chi connectivity index (χ0n) is 11.9. The molecule has 3 nitrogen and oxygen atoms in total. The van der Waals surface area contributed by atoms with Crippen molar-refractivity contribution in [3.63, 3.8) is 0 Å². The monoisotopic (exact) mass is 325 g/mol. The van der Waals surface area contributed by atoms with Gasteiger partial charge in [-0.25, -0.2) is 8.78 Å². The van der Waals surface area contributed by atoms with E-state index in [0.717, 1.165) is 17.0 Å². The number of carbonyl (C=O) groups excluding carboxylic acids is 1. The van der Waals surface area contributed by atoms with E-state index >= 15 is 0 Å². The van der Waals surface area contributed by atoms with Gasteiger partial charge in [-0.05, 0) is 18.6 Å². The second-order valence-corrected chi connectivity index (χ2v) is 4.51. The summed E-state index contributed by atoms with van der Waals surface area (Å²) < 4.78 is 67.9. The maximum Gasteiger partial charge on any atom is 0.419 e. The van der Waals surface area contributed by atoms with Crippen molar-refractivity contribution in [1.29, 1.82) is 0 Å². The molecule has 0 fully saturated rings. The SMILES string of the molecule is CCCN(CC(F)F)C(=O)COc1ccccc1C(F)(F)F. The molecule has 124 valence electrons. The van der Waals surface area contributed by atoms with E-state index in [2.05, 4.69) is 0 Å². The van der Waals surface area contributed by atoms with Gasteiger partial charge in [0.2, 0.25) is 0 Å². The Hall–Kier alpha value is -1.86. The molecule has 0 aliphatic heterocycles. The van der Waals surface area contributed by atoms with E-state index in [1.54, 1.807) is 6.92 Å². The third kappa shape index (κ3) is 5.50. The molecule has 0 N–H and O–H groups in total. The first kappa shape index (κ1) is 18.2. The number of nitrogens with zero attached hydrogens (tertiary/aromatic N) is 1. The minimum atomic E-state index is -4.62. The molecule has 0 aliphatic carbocycles. The predicted octanol–water partition coefficient (Wildman–Crippen LogP) is 3.59. The molecule has 0 spiro atoms. The maximum absolute atomic E-state index is 12.7. The normalized spacial score (nSPS) is 11.6. The van der Waals surface area contributed by atoms with E-state index < -0.39 is 43.0 Å².